The van der Waals surface area contributed by atoms with Crippen molar-refractivity contribution < 1.29 is 14.1 Å². The monoisotopic (exact) mass is 479 g/mol. The van der Waals surface area contributed by atoms with Crippen LogP contribution in [0.25, 0.3) is 11.4 Å². The summed E-state index contributed by atoms with van der Waals surface area (Å²) < 4.78 is 10.4. The van der Waals surface area contributed by atoms with Gasteiger partial charge in [0.05, 0.1) is 12.0 Å². The SMILES string of the molecule is CC(C)COc1ccc(C(C)(C)C(=O)N2CCN(Cc3cncc(-c4noc(=O)[nH]4)c3)CC2)cc1. The first-order chi connectivity index (χ1) is 16.7. The van der Waals surface area contributed by atoms with Crippen molar-refractivity contribution in [2.75, 3.05) is 32.8 Å². The highest BCUT2D eigenvalue weighted by Gasteiger charge is 2.35. The molecule has 35 heavy (non-hydrogen) atoms. The average molecular weight is 480 g/mol. The van der Waals surface area contributed by atoms with Crippen LogP contribution in [-0.2, 0) is 16.8 Å². The van der Waals surface area contributed by atoms with E-state index in [1.807, 2.05) is 49.1 Å². The molecule has 3 heterocycles. The van der Waals surface area contributed by atoms with Crippen LogP contribution in [0.1, 0.15) is 38.8 Å². The third kappa shape index (κ3) is 5.97. The Morgan fingerprint density at radius 2 is 1.86 bits per heavy atom. The third-order valence-electron chi connectivity index (χ3n) is 6.27. The highest BCUT2D eigenvalue weighted by molar-refractivity contribution is 5.87. The molecule has 9 heteroatoms. The molecule has 1 aliphatic heterocycles. The molecule has 0 saturated carbocycles. The highest BCUT2D eigenvalue weighted by Crippen LogP contribution is 2.28. The van der Waals surface area contributed by atoms with Gasteiger partial charge in [-0.25, -0.2) is 4.79 Å². The minimum Gasteiger partial charge on any atom is -0.493 e. The maximum Gasteiger partial charge on any atom is 0.439 e. The maximum atomic E-state index is 13.4. The number of carbonyl (C=O) groups excluding carboxylic acids is 1. The van der Waals surface area contributed by atoms with Gasteiger partial charge in [-0.2, -0.15) is 0 Å². The summed E-state index contributed by atoms with van der Waals surface area (Å²) in [5.41, 5.74) is 2.07. The molecule has 1 saturated heterocycles. The van der Waals surface area contributed by atoms with Gasteiger partial charge < -0.3 is 9.64 Å². The van der Waals surface area contributed by atoms with E-state index >= 15 is 0 Å². The second kappa shape index (κ2) is 10.4. The number of carbonyl (C=O) groups is 1. The second-order valence-corrected chi connectivity index (χ2v) is 9.95. The molecule has 1 amide bonds. The van der Waals surface area contributed by atoms with Crippen molar-refractivity contribution in [3.63, 3.8) is 0 Å². The summed E-state index contributed by atoms with van der Waals surface area (Å²) in [6.07, 6.45) is 3.44. The van der Waals surface area contributed by atoms with Gasteiger partial charge in [0.15, 0.2) is 5.82 Å². The molecule has 0 bridgehead atoms. The Morgan fingerprint density at radius 3 is 2.49 bits per heavy atom. The zero-order valence-corrected chi connectivity index (χ0v) is 20.8. The molecule has 0 atom stereocenters. The van der Waals surface area contributed by atoms with Gasteiger partial charge in [-0.15, -0.1) is 0 Å². The summed E-state index contributed by atoms with van der Waals surface area (Å²) in [6, 6.07) is 9.82. The summed E-state index contributed by atoms with van der Waals surface area (Å²) in [4.78, 5) is 35.7. The van der Waals surface area contributed by atoms with E-state index in [-0.39, 0.29) is 5.91 Å². The molecule has 0 spiro atoms. The lowest BCUT2D eigenvalue weighted by atomic mass is 9.83. The summed E-state index contributed by atoms with van der Waals surface area (Å²) >= 11 is 0. The first-order valence-corrected chi connectivity index (χ1v) is 12.0. The minimum absolute atomic E-state index is 0.131. The molecule has 1 fully saturated rings. The van der Waals surface area contributed by atoms with Crippen molar-refractivity contribution in [2.24, 2.45) is 5.92 Å². The number of pyridine rings is 1. The van der Waals surface area contributed by atoms with Gasteiger partial charge in [0, 0.05) is 50.7 Å². The Morgan fingerprint density at radius 1 is 1.14 bits per heavy atom. The van der Waals surface area contributed by atoms with E-state index in [4.69, 9.17) is 4.74 Å². The van der Waals surface area contributed by atoms with E-state index in [1.165, 1.54) is 0 Å². The van der Waals surface area contributed by atoms with Crippen LogP contribution < -0.4 is 10.5 Å². The van der Waals surface area contributed by atoms with Crippen LogP contribution >= 0.6 is 0 Å². The number of H-pyrrole nitrogens is 1. The van der Waals surface area contributed by atoms with Gasteiger partial charge in [0.1, 0.15) is 5.75 Å². The fraction of sp³-hybridized carbons (Fsp3) is 0.462. The molecule has 0 aliphatic carbocycles. The normalized spacial score (nSPS) is 14.9. The van der Waals surface area contributed by atoms with E-state index in [1.54, 1.807) is 12.4 Å². The Bertz CT molecular complexity index is 1190. The minimum atomic E-state index is -0.620. The van der Waals surface area contributed by atoms with Crippen molar-refractivity contribution in [1.29, 1.82) is 0 Å². The van der Waals surface area contributed by atoms with Crippen molar-refractivity contribution in [1.82, 2.24) is 24.9 Å². The number of piperazine rings is 1. The number of aromatic amines is 1. The third-order valence-corrected chi connectivity index (χ3v) is 6.27. The lowest BCUT2D eigenvalue weighted by Gasteiger charge is -2.38. The number of rotatable bonds is 8. The zero-order valence-electron chi connectivity index (χ0n) is 20.8. The van der Waals surface area contributed by atoms with Crippen LogP contribution in [0.5, 0.6) is 5.75 Å². The molecular formula is C26H33N5O4. The first kappa shape index (κ1) is 24.7. The first-order valence-electron chi connectivity index (χ1n) is 12.0. The van der Waals surface area contributed by atoms with E-state index in [0.29, 0.717) is 43.5 Å². The maximum absolute atomic E-state index is 13.4. The van der Waals surface area contributed by atoms with Gasteiger partial charge in [0.25, 0.3) is 0 Å². The number of hydrogen-bond acceptors (Lipinski definition) is 7. The summed E-state index contributed by atoms with van der Waals surface area (Å²) in [5, 5.41) is 3.72. The summed E-state index contributed by atoms with van der Waals surface area (Å²) in [7, 11) is 0. The van der Waals surface area contributed by atoms with Gasteiger partial charge in [0.2, 0.25) is 5.91 Å². The standard InChI is InChI=1S/C26H33N5O4/c1-18(2)17-34-22-7-5-21(6-8-22)26(3,4)24(32)31-11-9-30(10-12-31)16-19-13-20(15-27-14-19)23-28-25(33)35-29-23/h5-8,13-15,18H,9-12,16-17H2,1-4H3,(H,28,29,33). The Balaban J connectivity index is 1.33. The number of hydrogen-bond donors (Lipinski definition) is 1. The van der Waals surface area contributed by atoms with Crippen molar-refractivity contribution in [3.8, 4) is 17.1 Å². The summed E-state index contributed by atoms with van der Waals surface area (Å²) in [6.45, 7) is 12.5. The molecule has 3 aromatic rings. The van der Waals surface area contributed by atoms with Crippen LogP contribution in [0.15, 0.2) is 52.0 Å². The Labute approximate surface area is 205 Å². The van der Waals surface area contributed by atoms with Crippen LogP contribution in [0, 0.1) is 5.92 Å². The van der Waals surface area contributed by atoms with Crippen LogP contribution in [0.2, 0.25) is 0 Å². The number of aromatic nitrogens is 3. The van der Waals surface area contributed by atoms with Crippen LogP contribution in [0.3, 0.4) is 0 Å². The van der Waals surface area contributed by atoms with Gasteiger partial charge in [-0.3, -0.25) is 24.2 Å². The van der Waals surface area contributed by atoms with E-state index in [2.05, 4.69) is 38.4 Å². The quantitative estimate of drug-likeness (QED) is 0.529. The Kier molecular flexibility index (Phi) is 7.35. The van der Waals surface area contributed by atoms with Crippen molar-refractivity contribution >= 4 is 5.91 Å². The second-order valence-electron chi connectivity index (χ2n) is 9.95. The molecule has 186 valence electrons. The van der Waals surface area contributed by atoms with Gasteiger partial charge >= 0.3 is 5.76 Å². The number of nitrogens with zero attached hydrogens (tertiary/aromatic N) is 4. The number of amides is 1. The van der Waals surface area contributed by atoms with Crippen molar-refractivity contribution in [3.05, 3.63) is 64.4 Å². The van der Waals surface area contributed by atoms with Gasteiger partial charge in [-0.05, 0) is 49.1 Å². The predicted molar refractivity (Wildman–Crippen MR) is 132 cm³/mol. The molecule has 9 nitrogen and oxygen atoms in total. The molecule has 1 aromatic carbocycles. The van der Waals surface area contributed by atoms with Crippen LogP contribution in [0.4, 0.5) is 0 Å². The lowest BCUT2D eigenvalue weighted by Crippen LogP contribution is -2.52. The molecule has 0 radical (unpaired) electrons. The largest absolute Gasteiger partial charge is 0.493 e. The lowest BCUT2D eigenvalue weighted by molar-refractivity contribution is -0.138. The molecule has 1 N–H and O–H groups in total. The Hall–Kier alpha value is -3.46. The zero-order chi connectivity index (χ0) is 25.0. The van der Waals surface area contributed by atoms with E-state index in [0.717, 1.165) is 30.0 Å². The smallest absolute Gasteiger partial charge is 0.439 e. The van der Waals surface area contributed by atoms with Crippen LogP contribution in [-0.4, -0.2) is 63.6 Å². The number of nitrogens with one attached hydrogen (secondary N) is 1. The van der Waals surface area contributed by atoms with E-state index < -0.39 is 11.2 Å². The fourth-order valence-electron chi connectivity index (χ4n) is 4.17. The molecule has 1 aliphatic rings. The number of ether oxygens (including phenoxy) is 1. The van der Waals surface area contributed by atoms with Crippen molar-refractivity contribution in [2.45, 2.75) is 39.7 Å². The molecular weight excluding hydrogens is 446 g/mol. The average Bonchev–Trinajstić information content (AvgIpc) is 3.29. The molecule has 2 aromatic heterocycles. The molecule has 0 unspecified atom stereocenters. The predicted octanol–water partition coefficient (Wildman–Crippen LogP) is 3.08. The van der Waals surface area contributed by atoms with E-state index in [9.17, 15) is 9.59 Å². The molecule has 4 rings (SSSR count). The summed E-state index contributed by atoms with van der Waals surface area (Å²) in [5.74, 6) is 1.19. The number of benzene rings is 1. The fourth-order valence-corrected chi connectivity index (χ4v) is 4.17. The van der Waals surface area contributed by atoms with Gasteiger partial charge in [-0.1, -0.05) is 31.1 Å². The highest BCUT2D eigenvalue weighted by atomic mass is 16.5. The topological polar surface area (TPSA) is 105 Å².